The van der Waals surface area contributed by atoms with Crippen LogP contribution in [-0.2, 0) is 9.59 Å². The summed E-state index contributed by atoms with van der Waals surface area (Å²) in [7, 11) is 0. The molecule has 0 bridgehead atoms. The molecule has 0 spiro atoms. The highest BCUT2D eigenvalue weighted by Crippen LogP contribution is 2.19. The summed E-state index contributed by atoms with van der Waals surface area (Å²) in [5.74, 6) is -0.589. The Hall–Kier alpha value is -3.15. The Morgan fingerprint density at radius 2 is 1.52 bits per heavy atom. The molecule has 2 aromatic rings. The second-order valence-electron chi connectivity index (χ2n) is 8.20. The third-order valence-corrected chi connectivity index (χ3v) is 4.17. The van der Waals surface area contributed by atoms with E-state index in [0.717, 1.165) is 11.1 Å². The Morgan fingerprint density at radius 1 is 0.931 bits per heavy atom. The highest BCUT2D eigenvalue weighted by Gasteiger charge is 2.18. The van der Waals surface area contributed by atoms with Gasteiger partial charge in [-0.2, -0.15) is 0 Å². The lowest BCUT2D eigenvalue weighted by Gasteiger charge is -2.20. The van der Waals surface area contributed by atoms with E-state index in [-0.39, 0.29) is 29.7 Å². The summed E-state index contributed by atoms with van der Waals surface area (Å²) >= 11 is 0. The van der Waals surface area contributed by atoms with Gasteiger partial charge < -0.3 is 16.0 Å². The largest absolute Gasteiger partial charge is 0.349 e. The molecule has 0 radical (unpaired) electrons. The standard InChI is InChI=1S/C23H29N3O3/c1-15-6-8-17(9-7-15)20(24-16(2)27)14-21(28)25-19-12-10-18(11-13-19)22(29)26-23(3,4)5/h6-13,20H,14H2,1-5H3,(H,24,27)(H,25,28)(H,26,29). The zero-order valence-electron chi connectivity index (χ0n) is 17.6. The molecule has 0 saturated carbocycles. The second-order valence-corrected chi connectivity index (χ2v) is 8.20. The van der Waals surface area contributed by atoms with Crippen LogP contribution in [-0.4, -0.2) is 23.3 Å². The number of hydrogen-bond acceptors (Lipinski definition) is 3. The SMILES string of the molecule is CC(=O)NC(CC(=O)Nc1ccc(C(=O)NC(C)(C)C)cc1)c1ccc(C)cc1. The Kier molecular flexibility index (Phi) is 7.15. The summed E-state index contributed by atoms with van der Waals surface area (Å²) < 4.78 is 0. The van der Waals surface area contributed by atoms with Crippen LogP contribution in [0.15, 0.2) is 48.5 Å². The summed E-state index contributed by atoms with van der Waals surface area (Å²) in [5, 5.41) is 8.54. The van der Waals surface area contributed by atoms with Crippen molar-refractivity contribution < 1.29 is 14.4 Å². The van der Waals surface area contributed by atoms with Gasteiger partial charge in [0, 0.05) is 23.7 Å². The van der Waals surface area contributed by atoms with Crippen LogP contribution in [0.4, 0.5) is 5.69 Å². The van der Waals surface area contributed by atoms with Crippen molar-refractivity contribution in [2.75, 3.05) is 5.32 Å². The van der Waals surface area contributed by atoms with Crippen LogP contribution in [0.1, 0.15) is 61.6 Å². The Morgan fingerprint density at radius 3 is 2.03 bits per heavy atom. The third-order valence-electron chi connectivity index (χ3n) is 4.17. The average molecular weight is 396 g/mol. The number of aryl methyl sites for hydroxylation is 1. The maximum atomic E-state index is 12.5. The van der Waals surface area contributed by atoms with Crippen molar-refractivity contribution in [3.05, 3.63) is 65.2 Å². The maximum Gasteiger partial charge on any atom is 0.251 e. The molecule has 0 aromatic heterocycles. The van der Waals surface area contributed by atoms with Crippen LogP contribution < -0.4 is 16.0 Å². The molecule has 0 aliphatic heterocycles. The summed E-state index contributed by atoms with van der Waals surface area (Å²) in [6.07, 6.45) is 0.106. The number of benzene rings is 2. The van der Waals surface area contributed by atoms with E-state index in [9.17, 15) is 14.4 Å². The summed E-state index contributed by atoms with van der Waals surface area (Å²) in [4.78, 5) is 36.2. The minimum atomic E-state index is -0.412. The molecule has 6 nitrogen and oxygen atoms in total. The molecule has 0 aliphatic rings. The first-order valence-electron chi connectivity index (χ1n) is 9.59. The van der Waals surface area contributed by atoms with E-state index in [1.165, 1.54) is 6.92 Å². The van der Waals surface area contributed by atoms with Crippen LogP contribution in [0.5, 0.6) is 0 Å². The molecule has 0 heterocycles. The third kappa shape index (κ3) is 7.41. The first-order valence-corrected chi connectivity index (χ1v) is 9.59. The van der Waals surface area contributed by atoms with Gasteiger partial charge in [-0.3, -0.25) is 14.4 Å². The first-order chi connectivity index (χ1) is 13.5. The fourth-order valence-corrected chi connectivity index (χ4v) is 2.81. The van der Waals surface area contributed by atoms with Gasteiger partial charge in [0.2, 0.25) is 11.8 Å². The molecule has 0 aliphatic carbocycles. The zero-order valence-corrected chi connectivity index (χ0v) is 17.6. The van der Waals surface area contributed by atoms with Gasteiger partial charge in [0.1, 0.15) is 0 Å². The quantitative estimate of drug-likeness (QED) is 0.696. The predicted octanol–water partition coefficient (Wildman–Crippen LogP) is 3.73. The van der Waals surface area contributed by atoms with E-state index >= 15 is 0 Å². The number of carbonyl (C=O) groups is 3. The smallest absolute Gasteiger partial charge is 0.251 e. The monoisotopic (exact) mass is 395 g/mol. The van der Waals surface area contributed by atoms with Gasteiger partial charge in [-0.25, -0.2) is 0 Å². The van der Waals surface area contributed by atoms with Crippen molar-refractivity contribution in [1.29, 1.82) is 0 Å². The second kappa shape index (κ2) is 9.37. The van der Waals surface area contributed by atoms with Crippen molar-refractivity contribution in [2.45, 2.75) is 52.6 Å². The molecule has 2 aromatic carbocycles. The molecular formula is C23H29N3O3. The van der Waals surface area contributed by atoms with Crippen molar-refractivity contribution in [2.24, 2.45) is 0 Å². The van der Waals surface area contributed by atoms with Gasteiger partial charge in [-0.05, 0) is 57.5 Å². The van der Waals surface area contributed by atoms with E-state index in [0.29, 0.717) is 11.3 Å². The number of hydrogen-bond donors (Lipinski definition) is 3. The number of amides is 3. The lowest BCUT2D eigenvalue weighted by molar-refractivity contribution is -0.120. The Bertz CT molecular complexity index is 866. The minimum absolute atomic E-state index is 0.106. The van der Waals surface area contributed by atoms with Gasteiger partial charge in [-0.1, -0.05) is 29.8 Å². The molecule has 3 N–H and O–H groups in total. The van der Waals surface area contributed by atoms with E-state index < -0.39 is 6.04 Å². The van der Waals surface area contributed by atoms with Crippen molar-refractivity contribution in [3.63, 3.8) is 0 Å². The van der Waals surface area contributed by atoms with Gasteiger partial charge in [0.05, 0.1) is 12.5 Å². The minimum Gasteiger partial charge on any atom is -0.349 e. The van der Waals surface area contributed by atoms with Crippen molar-refractivity contribution >= 4 is 23.4 Å². The highest BCUT2D eigenvalue weighted by atomic mass is 16.2. The fourth-order valence-electron chi connectivity index (χ4n) is 2.81. The van der Waals surface area contributed by atoms with E-state index in [1.807, 2.05) is 52.0 Å². The molecule has 0 fully saturated rings. The summed E-state index contributed by atoms with van der Waals surface area (Å²) in [6, 6.07) is 14.0. The Balaban J connectivity index is 2.03. The number of nitrogens with one attached hydrogen (secondary N) is 3. The summed E-state index contributed by atoms with van der Waals surface area (Å²) in [5.41, 5.74) is 2.77. The molecule has 6 heteroatoms. The lowest BCUT2D eigenvalue weighted by atomic mass is 10.0. The van der Waals surface area contributed by atoms with Crippen LogP contribution in [0, 0.1) is 6.92 Å². The topological polar surface area (TPSA) is 87.3 Å². The van der Waals surface area contributed by atoms with Gasteiger partial charge in [0.15, 0.2) is 0 Å². The molecule has 1 unspecified atom stereocenters. The zero-order chi connectivity index (χ0) is 21.6. The highest BCUT2D eigenvalue weighted by molar-refractivity contribution is 5.96. The number of anilines is 1. The van der Waals surface area contributed by atoms with Gasteiger partial charge >= 0.3 is 0 Å². The lowest BCUT2D eigenvalue weighted by Crippen LogP contribution is -2.40. The molecule has 1 atom stereocenters. The average Bonchev–Trinajstić information content (AvgIpc) is 2.60. The predicted molar refractivity (Wildman–Crippen MR) is 115 cm³/mol. The van der Waals surface area contributed by atoms with Crippen LogP contribution >= 0.6 is 0 Å². The molecule has 3 amide bonds. The normalized spacial score (nSPS) is 12.0. The van der Waals surface area contributed by atoms with Gasteiger partial charge in [-0.15, -0.1) is 0 Å². The van der Waals surface area contributed by atoms with Crippen molar-refractivity contribution in [1.82, 2.24) is 10.6 Å². The molecule has 2 rings (SSSR count). The summed E-state index contributed by atoms with van der Waals surface area (Å²) in [6.45, 7) is 9.16. The maximum absolute atomic E-state index is 12.5. The van der Waals surface area contributed by atoms with Gasteiger partial charge in [0.25, 0.3) is 5.91 Å². The molecule has 0 saturated heterocycles. The van der Waals surface area contributed by atoms with Crippen molar-refractivity contribution in [3.8, 4) is 0 Å². The van der Waals surface area contributed by atoms with Crippen LogP contribution in [0.25, 0.3) is 0 Å². The number of carbonyl (C=O) groups excluding carboxylic acids is 3. The van der Waals surface area contributed by atoms with E-state index in [1.54, 1.807) is 24.3 Å². The number of rotatable bonds is 6. The van der Waals surface area contributed by atoms with Crippen LogP contribution in [0.3, 0.4) is 0 Å². The molecule has 29 heavy (non-hydrogen) atoms. The first kappa shape index (κ1) is 22.1. The molecular weight excluding hydrogens is 366 g/mol. The van der Waals surface area contributed by atoms with E-state index in [2.05, 4.69) is 16.0 Å². The van der Waals surface area contributed by atoms with E-state index in [4.69, 9.17) is 0 Å². The van der Waals surface area contributed by atoms with Crippen LogP contribution in [0.2, 0.25) is 0 Å². The Labute approximate surface area is 172 Å². The fraction of sp³-hybridized carbons (Fsp3) is 0.348. The molecule has 154 valence electrons.